The van der Waals surface area contributed by atoms with Gasteiger partial charge in [0.15, 0.2) is 0 Å². The van der Waals surface area contributed by atoms with Gasteiger partial charge in [0.05, 0.1) is 0 Å². The maximum absolute atomic E-state index is 8.00. The topological polar surface area (TPSA) is 17.1 Å². The zero-order valence-corrected chi connectivity index (χ0v) is 7.78. The van der Waals surface area contributed by atoms with Gasteiger partial charge in [-0.2, -0.15) is 0 Å². The Labute approximate surface area is 89.7 Å². The summed E-state index contributed by atoms with van der Waals surface area (Å²) in [5.41, 5.74) is 0. The molecule has 0 aliphatic carbocycles. The van der Waals surface area contributed by atoms with Crippen LogP contribution in [0.5, 0.6) is 0 Å². The molecule has 0 aliphatic heterocycles. The van der Waals surface area contributed by atoms with E-state index in [9.17, 15) is 0 Å². The Bertz CT molecular complexity index is 14.9. The third kappa shape index (κ3) is 8.82. The third-order valence-electron chi connectivity index (χ3n) is 0. The summed E-state index contributed by atoms with van der Waals surface area (Å²) in [5.74, 6) is 0. The van der Waals surface area contributed by atoms with Crippen molar-refractivity contribution >= 4 is 37.7 Å². The molecular formula is H3CaFeNaO. The molecule has 0 aromatic heterocycles. The van der Waals surface area contributed by atoms with E-state index in [1.807, 2.05) is 15.9 Å². The van der Waals surface area contributed by atoms with E-state index >= 15 is 0 Å². The molecule has 0 heterocycles. The van der Waals surface area contributed by atoms with Crippen LogP contribution in [0.2, 0.25) is 0 Å². The minimum absolute atomic E-state index is 0. The zero-order chi connectivity index (χ0) is 2.00. The van der Waals surface area contributed by atoms with Crippen molar-refractivity contribution in [2.24, 2.45) is 0 Å². The van der Waals surface area contributed by atoms with Gasteiger partial charge in [-0.25, -0.2) is 0 Å². The molecule has 0 bridgehead atoms. The molecule has 0 saturated heterocycles. The first-order valence-corrected chi connectivity index (χ1v) is 0.595. The van der Waals surface area contributed by atoms with E-state index in [1.165, 1.54) is 0 Å². The summed E-state index contributed by atoms with van der Waals surface area (Å²) in [6, 6.07) is 0. The second kappa shape index (κ2) is 17.6. The van der Waals surface area contributed by atoms with Gasteiger partial charge in [0.1, 0.15) is 0 Å². The third-order valence-corrected chi connectivity index (χ3v) is 0. The molecule has 0 radical (unpaired) electrons. The molecule has 0 N–H and O–H groups in total. The molecule has 0 rings (SSSR count). The van der Waals surface area contributed by atoms with Crippen molar-refractivity contribution < 1.29 is 53.6 Å². The van der Waals surface area contributed by atoms with E-state index in [4.69, 9.17) is 3.83 Å². The zero-order valence-electron chi connectivity index (χ0n) is 5.47. The summed E-state index contributed by atoms with van der Waals surface area (Å²) in [7, 11) is 0. The number of hydrogen-bond donors (Lipinski definition) is 0. The Hall–Kier alpha value is 2.58. The predicted molar refractivity (Wildman–Crippen MR) is 9.78 cm³/mol. The molecule has 0 atom stereocenters. The summed E-state index contributed by atoms with van der Waals surface area (Å²) in [4.78, 5) is 0. The molecule has 4 heavy (non-hydrogen) atoms. The molecule has 1 nitrogen and oxygen atoms in total. The maximum atomic E-state index is 8.00. The molecule has 0 amide bonds. The summed E-state index contributed by atoms with van der Waals surface area (Å²) < 4.78 is 8.00. The van der Waals surface area contributed by atoms with Crippen LogP contribution >= 0.6 is 0 Å². The average Bonchev–Trinajstić information content (AvgIpc) is 1.00. The Morgan fingerprint density at radius 3 is 1.50 bits per heavy atom. The van der Waals surface area contributed by atoms with Gasteiger partial charge in [0.2, 0.25) is 0 Å². The van der Waals surface area contributed by atoms with Crippen LogP contribution < -0.4 is 29.6 Å². The van der Waals surface area contributed by atoms with Crippen LogP contribution in [0, 0.1) is 0 Å². The minimum atomic E-state index is 0. The molecule has 0 unspecified atom stereocenters. The predicted octanol–water partition coefficient (Wildman–Crippen LogP) is -3.16. The van der Waals surface area contributed by atoms with Gasteiger partial charge in [0, 0.05) is 0 Å². The van der Waals surface area contributed by atoms with Crippen LogP contribution in [-0.4, -0.2) is 37.7 Å². The van der Waals surface area contributed by atoms with E-state index in [1.54, 1.807) is 0 Å². The van der Waals surface area contributed by atoms with Crippen LogP contribution in [0.1, 0.15) is 4.28 Å². The SMILES string of the molecule is [Ca+2].[H-].[H-].[H-].[Na+].[O]=[Fe]. The normalized spacial score (nSPS) is 1.25. The first kappa shape index (κ1) is 16.0. The van der Waals surface area contributed by atoms with Crippen LogP contribution in [0.15, 0.2) is 0 Å². The summed E-state index contributed by atoms with van der Waals surface area (Å²) in [5, 5.41) is 0. The molecule has 0 fully saturated rings. The van der Waals surface area contributed by atoms with E-state index in [2.05, 4.69) is 0 Å². The molecule has 0 aliphatic rings. The fourth-order valence-electron chi connectivity index (χ4n) is 0. The van der Waals surface area contributed by atoms with E-state index in [0.29, 0.717) is 0 Å². The molecular weight excluding hydrogens is 135 g/mol. The van der Waals surface area contributed by atoms with Gasteiger partial charge < -0.3 is 4.28 Å². The standard InChI is InChI=1S/Ca.Fe.Na.O.3H/q+2;;+1;;3*-1. The van der Waals surface area contributed by atoms with Gasteiger partial charge >= 0.3 is 87.1 Å². The van der Waals surface area contributed by atoms with Gasteiger partial charge in [-0.05, 0) is 0 Å². The van der Waals surface area contributed by atoms with Crippen molar-refractivity contribution in [3.05, 3.63) is 0 Å². The molecule has 20 valence electrons. The van der Waals surface area contributed by atoms with Crippen molar-refractivity contribution in [2.75, 3.05) is 0 Å². The van der Waals surface area contributed by atoms with Gasteiger partial charge in [-0.15, -0.1) is 0 Å². The van der Waals surface area contributed by atoms with Crippen molar-refractivity contribution in [3.8, 4) is 0 Å². The van der Waals surface area contributed by atoms with E-state index < -0.39 is 0 Å². The van der Waals surface area contributed by atoms with Gasteiger partial charge in [-0.1, -0.05) is 0 Å². The first-order chi connectivity index (χ1) is 1.00. The average molecular weight is 138 g/mol. The van der Waals surface area contributed by atoms with Gasteiger partial charge in [-0.3, -0.25) is 0 Å². The number of rotatable bonds is 0. The Morgan fingerprint density at radius 2 is 1.50 bits per heavy atom. The van der Waals surface area contributed by atoms with Crippen molar-refractivity contribution in [3.63, 3.8) is 0 Å². The first-order valence-electron chi connectivity index (χ1n) is 0.144. The second-order valence-corrected chi connectivity index (χ2v) is 0. The monoisotopic (exact) mass is 138 g/mol. The van der Waals surface area contributed by atoms with Crippen molar-refractivity contribution in [1.82, 2.24) is 0 Å². The Balaban J connectivity index is -0.000000000500. The fraction of sp³-hybridized carbons (Fsp3) is 0. The van der Waals surface area contributed by atoms with Crippen LogP contribution in [0.3, 0.4) is 0 Å². The van der Waals surface area contributed by atoms with Crippen LogP contribution in [0.4, 0.5) is 0 Å². The van der Waals surface area contributed by atoms with Crippen LogP contribution in [-0.2, 0) is 19.8 Å². The van der Waals surface area contributed by atoms with E-state index in [0.717, 1.165) is 0 Å². The molecule has 0 aromatic rings. The summed E-state index contributed by atoms with van der Waals surface area (Å²) >= 11 is 2.00. The van der Waals surface area contributed by atoms with Crippen molar-refractivity contribution in [1.29, 1.82) is 0 Å². The molecule has 0 spiro atoms. The Morgan fingerprint density at radius 1 is 1.50 bits per heavy atom. The Kier molecular flexibility index (Phi) is 70.3. The molecule has 0 saturated carbocycles. The quantitative estimate of drug-likeness (QED) is 0.323. The molecule has 4 heteroatoms. The molecule has 0 aromatic carbocycles. The summed E-state index contributed by atoms with van der Waals surface area (Å²) in [6.07, 6.45) is 0. The number of hydrogen-bond acceptors (Lipinski definition) is 1. The van der Waals surface area contributed by atoms with Crippen molar-refractivity contribution in [2.45, 2.75) is 0 Å². The van der Waals surface area contributed by atoms with E-state index in [-0.39, 0.29) is 71.6 Å². The van der Waals surface area contributed by atoms with Gasteiger partial charge in [0.25, 0.3) is 0 Å². The fourth-order valence-corrected chi connectivity index (χ4v) is 0. The summed E-state index contributed by atoms with van der Waals surface area (Å²) in [6.45, 7) is 0. The van der Waals surface area contributed by atoms with Crippen LogP contribution in [0.25, 0.3) is 0 Å². The second-order valence-electron chi connectivity index (χ2n) is 0.